The Balaban J connectivity index is 4.23. The highest BCUT2D eigenvalue weighted by atomic mass is 28.3. The lowest BCUT2D eigenvalue weighted by Gasteiger charge is -2.42. The lowest BCUT2D eigenvalue weighted by Crippen LogP contribution is -2.54. The van der Waals surface area contributed by atoms with Crippen LogP contribution in [0.1, 0.15) is 20.8 Å². The van der Waals surface area contributed by atoms with Gasteiger partial charge in [-0.05, 0) is 26.3 Å². The van der Waals surface area contributed by atoms with Crippen LogP contribution in [0.5, 0.6) is 0 Å². The van der Waals surface area contributed by atoms with Crippen molar-refractivity contribution in [2.45, 2.75) is 46.0 Å². The van der Waals surface area contributed by atoms with Gasteiger partial charge in [-0.25, -0.2) is 0 Å². The van der Waals surface area contributed by atoms with Crippen LogP contribution in [0.3, 0.4) is 0 Å². The monoisotopic (exact) mass is 155 g/mol. The first kappa shape index (κ1) is 10.2. The van der Waals surface area contributed by atoms with Crippen LogP contribution in [-0.2, 0) is 0 Å². The Morgan fingerprint density at radius 1 is 1.10 bits per heavy atom. The van der Waals surface area contributed by atoms with Crippen LogP contribution in [-0.4, -0.2) is 26.2 Å². The topological polar surface area (TPSA) is 3.24 Å². The summed E-state index contributed by atoms with van der Waals surface area (Å²) in [6.45, 7) is 13.2. The molecule has 0 bridgehead atoms. The van der Waals surface area contributed by atoms with Crippen LogP contribution >= 0.6 is 0 Å². The van der Waals surface area contributed by atoms with Gasteiger partial charge in [0.05, 0.1) is 0 Å². The Bertz CT molecular complexity index is 97.8. The van der Waals surface area contributed by atoms with E-state index in [0.29, 0.717) is 0 Å². The zero-order chi connectivity index (χ0) is 8.58. The minimum Gasteiger partial charge on any atom is -0.370 e. The third-order valence-electron chi connectivity index (χ3n) is 1.45. The molecule has 0 spiro atoms. The second-order valence-electron chi connectivity index (χ2n) is 4.71. The Kier molecular flexibility index (Phi) is 2.77. The first-order valence-electron chi connectivity index (χ1n) is 3.71. The molecule has 0 N–H and O–H groups in total. The van der Waals surface area contributed by atoms with Gasteiger partial charge in [-0.15, -0.1) is 0 Å². The summed E-state index contributed by atoms with van der Waals surface area (Å²) in [5, 5.41) is 0. The van der Waals surface area contributed by atoms with Crippen LogP contribution < -0.4 is 0 Å². The van der Waals surface area contributed by atoms with E-state index in [4.69, 9.17) is 7.98 Å². The molecule has 0 saturated heterocycles. The maximum atomic E-state index is 5.92. The summed E-state index contributed by atoms with van der Waals surface area (Å²) in [5.74, 6) is 0. The van der Waals surface area contributed by atoms with E-state index in [1.54, 1.807) is 0 Å². The zero-order valence-corrected chi connectivity index (χ0v) is 9.02. The third kappa shape index (κ3) is 2.88. The van der Waals surface area contributed by atoms with Crippen molar-refractivity contribution in [3.05, 3.63) is 0 Å². The van der Waals surface area contributed by atoms with Gasteiger partial charge in [0, 0.05) is 0 Å². The molecule has 0 aliphatic carbocycles. The third-order valence-corrected chi connectivity index (χ3v) is 3.56. The quantitative estimate of drug-likeness (QED) is 0.523. The van der Waals surface area contributed by atoms with Crippen LogP contribution in [0.15, 0.2) is 0 Å². The summed E-state index contributed by atoms with van der Waals surface area (Å²) in [7, 11) is 4.64. The minimum atomic E-state index is -1.28. The predicted molar refractivity (Wildman–Crippen MR) is 50.7 cm³/mol. The van der Waals surface area contributed by atoms with E-state index in [0.717, 1.165) is 0 Å². The van der Waals surface area contributed by atoms with Crippen molar-refractivity contribution in [2.75, 3.05) is 0 Å². The first-order chi connectivity index (χ1) is 4.15. The fourth-order valence-corrected chi connectivity index (χ4v) is 3.02. The highest BCUT2D eigenvalue weighted by molar-refractivity contribution is 6.77. The van der Waals surface area contributed by atoms with Gasteiger partial charge in [-0.3, -0.25) is 0 Å². The average Bonchev–Trinajstić information content (AvgIpc) is 1.59. The fraction of sp³-hybridized carbons (Fsp3) is 1.00. The molecule has 3 heteroatoms. The van der Waals surface area contributed by atoms with Crippen molar-refractivity contribution >= 4 is 16.2 Å². The van der Waals surface area contributed by atoms with E-state index in [-0.39, 0.29) is 5.54 Å². The number of hydrogen-bond donors (Lipinski definition) is 0. The fourth-order valence-electron chi connectivity index (χ4n) is 1.01. The Morgan fingerprint density at radius 2 is 1.40 bits per heavy atom. The van der Waals surface area contributed by atoms with Crippen molar-refractivity contribution in [2.24, 2.45) is 0 Å². The summed E-state index contributed by atoms with van der Waals surface area (Å²) >= 11 is 0. The lowest BCUT2D eigenvalue weighted by atomic mass is 10.1. The van der Waals surface area contributed by atoms with E-state index in [1.807, 2.05) is 4.48 Å². The smallest absolute Gasteiger partial charge is 0.173 e. The first-order valence-corrected chi connectivity index (χ1v) is 7.15. The van der Waals surface area contributed by atoms with Gasteiger partial charge in [0.1, 0.15) is 8.24 Å². The van der Waals surface area contributed by atoms with E-state index < -0.39 is 8.24 Å². The van der Waals surface area contributed by atoms with Gasteiger partial charge < -0.3 is 4.48 Å². The average molecular weight is 155 g/mol. The molecule has 0 fully saturated rings. The van der Waals surface area contributed by atoms with Crippen LogP contribution in [0.4, 0.5) is 0 Å². The molecule has 10 heavy (non-hydrogen) atoms. The van der Waals surface area contributed by atoms with Gasteiger partial charge in [0.2, 0.25) is 0 Å². The van der Waals surface area contributed by atoms with Gasteiger partial charge in [0.15, 0.2) is 7.98 Å². The van der Waals surface area contributed by atoms with Crippen LogP contribution in [0, 0.1) is 0 Å². The second kappa shape index (κ2) is 2.70. The van der Waals surface area contributed by atoms with Crippen molar-refractivity contribution in [3.63, 3.8) is 0 Å². The summed E-state index contributed by atoms with van der Waals surface area (Å²) in [5.41, 5.74) is 0.116. The maximum Gasteiger partial charge on any atom is 0.173 e. The molecule has 2 radical (unpaired) electrons. The molecule has 0 unspecified atom stereocenters. The largest absolute Gasteiger partial charge is 0.370 e. The highest BCUT2D eigenvalue weighted by Gasteiger charge is 2.28. The standard InChI is InChI=1S/C7H18BNSi/c1-7(2,3)9(8)10(4,5)6/h1-6H3. The molecule has 0 aromatic rings. The lowest BCUT2D eigenvalue weighted by molar-refractivity contribution is 0.369. The maximum absolute atomic E-state index is 5.92. The second-order valence-corrected chi connectivity index (χ2v) is 9.54. The Hall–Kier alpha value is 0.242. The highest BCUT2D eigenvalue weighted by Crippen LogP contribution is 2.18. The zero-order valence-electron chi connectivity index (χ0n) is 8.02. The van der Waals surface area contributed by atoms with Gasteiger partial charge in [-0.2, -0.15) is 0 Å². The molecule has 0 amide bonds. The summed E-state index contributed by atoms with van der Waals surface area (Å²) in [6.07, 6.45) is 0. The molecule has 0 atom stereocenters. The van der Waals surface area contributed by atoms with E-state index in [2.05, 4.69) is 40.4 Å². The molecule has 0 aromatic carbocycles. The molecule has 1 nitrogen and oxygen atoms in total. The molecule has 0 aliphatic heterocycles. The predicted octanol–water partition coefficient (Wildman–Crippen LogP) is 2.01. The molecule has 0 saturated carbocycles. The number of hydrogen-bond acceptors (Lipinski definition) is 1. The van der Waals surface area contributed by atoms with Crippen molar-refractivity contribution < 1.29 is 0 Å². The molecule has 0 rings (SSSR count). The van der Waals surface area contributed by atoms with Crippen LogP contribution in [0.25, 0.3) is 0 Å². The van der Waals surface area contributed by atoms with Crippen LogP contribution in [0.2, 0.25) is 19.6 Å². The number of nitrogens with zero attached hydrogens (tertiary/aromatic N) is 1. The van der Waals surface area contributed by atoms with Gasteiger partial charge in [-0.1, -0.05) is 19.6 Å². The summed E-state index contributed by atoms with van der Waals surface area (Å²) in [6, 6.07) is 0. The van der Waals surface area contributed by atoms with Crippen molar-refractivity contribution in [1.82, 2.24) is 4.48 Å². The summed E-state index contributed by atoms with van der Waals surface area (Å²) in [4.78, 5) is 0. The molecular weight excluding hydrogens is 137 g/mol. The van der Waals surface area contributed by atoms with Gasteiger partial charge in [0.25, 0.3) is 0 Å². The SMILES string of the molecule is [B]N(C(C)(C)C)[Si](C)(C)C. The van der Waals surface area contributed by atoms with E-state index >= 15 is 0 Å². The van der Waals surface area contributed by atoms with E-state index in [1.165, 1.54) is 0 Å². The van der Waals surface area contributed by atoms with Crippen molar-refractivity contribution in [3.8, 4) is 0 Å². The molecular formula is C7H18BNSi. The normalized spacial score (nSPS) is 14.3. The molecule has 58 valence electrons. The number of rotatable bonds is 1. The Morgan fingerprint density at radius 3 is 1.40 bits per heavy atom. The van der Waals surface area contributed by atoms with E-state index in [9.17, 15) is 0 Å². The molecule has 0 aliphatic rings. The van der Waals surface area contributed by atoms with Crippen molar-refractivity contribution in [1.29, 1.82) is 0 Å². The Labute approximate surface area is 67.3 Å². The summed E-state index contributed by atoms with van der Waals surface area (Å²) < 4.78 is 2.01. The molecule has 0 heterocycles. The van der Waals surface area contributed by atoms with Gasteiger partial charge >= 0.3 is 0 Å². The minimum absolute atomic E-state index is 0.116. The molecule has 0 aromatic heterocycles.